The lowest BCUT2D eigenvalue weighted by atomic mass is 9.66. The van der Waals surface area contributed by atoms with Crippen molar-refractivity contribution in [3.63, 3.8) is 0 Å². The van der Waals surface area contributed by atoms with Crippen LogP contribution in [0.2, 0.25) is 6.32 Å². The van der Waals surface area contributed by atoms with Crippen molar-refractivity contribution in [1.29, 1.82) is 0 Å². The molecular weight excluding hydrogens is 255 g/mol. The summed E-state index contributed by atoms with van der Waals surface area (Å²) in [4.78, 5) is 2.63. The highest BCUT2D eigenvalue weighted by molar-refractivity contribution is 6.56. The van der Waals surface area contributed by atoms with Gasteiger partial charge in [-0.25, -0.2) is 0 Å². The Hall–Kier alpha value is -1.38. The van der Waals surface area contributed by atoms with Crippen LogP contribution in [0, 0.1) is 13.8 Å². The van der Waals surface area contributed by atoms with Crippen LogP contribution in [0.1, 0.15) is 57.1 Å². The van der Waals surface area contributed by atoms with E-state index in [2.05, 4.69) is 63.8 Å². The van der Waals surface area contributed by atoms with Gasteiger partial charge in [0, 0.05) is 23.1 Å². The molecule has 2 aliphatic rings. The van der Waals surface area contributed by atoms with E-state index in [-0.39, 0.29) is 0 Å². The van der Waals surface area contributed by atoms with E-state index in [4.69, 9.17) is 0 Å². The van der Waals surface area contributed by atoms with Gasteiger partial charge in [-0.1, -0.05) is 19.9 Å². The first-order valence-electron chi connectivity index (χ1n) is 8.32. The molecule has 0 saturated carbocycles. The van der Waals surface area contributed by atoms with Crippen molar-refractivity contribution in [3.05, 3.63) is 39.9 Å². The number of rotatable bonds is 2. The van der Waals surface area contributed by atoms with E-state index < -0.39 is 0 Å². The Morgan fingerprint density at radius 3 is 2.38 bits per heavy atom. The van der Waals surface area contributed by atoms with E-state index in [1.807, 2.05) is 0 Å². The second kappa shape index (κ2) is 4.83. The van der Waals surface area contributed by atoms with E-state index in [0.717, 1.165) is 12.7 Å². The molecule has 0 fully saturated rings. The highest BCUT2D eigenvalue weighted by atomic mass is 15.2. The molecule has 0 aromatic carbocycles. The van der Waals surface area contributed by atoms with Crippen LogP contribution in [0.25, 0.3) is 5.57 Å². The van der Waals surface area contributed by atoms with E-state index in [1.54, 1.807) is 5.56 Å². The molecule has 0 spiro atoms. The Balaban J connectivity index is 2.34. The predicted molar refractivity (Wildman–Crippen MR) is 92.6 cm³/mol. The molecule has 1 atom stereocenters. The predicted octanol–water partition coefficient (Wildman–Crippen LogP) is 4.42. The summed E-state index contributed by atoms with van der Waals surface area (Å²) in [5, 5.41) is 0. The molecule has 3 heterocycles. The standard InChI is InChI=1S/C18H27BN2/c1-8-16-13(5)18-14(6)17-11(3)10-12(4)20(17)19(9-2)21(18)15(16)7/h10,12H,8-9H2,1-7H3. The van der Waals surface area contributed by atoms with Gasteiger partial charge in [-0.05, 0) is 69.6 Å². The Morgan fingerprint density at radius 2 is 1.81 bits per heavy atom. The van der Waals surface area contributed by atoms with E-state index in [1.165, 1.54) is 33.8 Å². The quantitative estimate of drug-likeness (QED) is 0.729. The second-order valence-corrected chi connectivity index (χ2v) is 6.62. The summed E-state index contributed by atoms with van der Waals surface area (Å²) in [5.41, 5.74) is 10.4. The van der Waals surface area contributed by atoms with E-state index in [9.17, 15) is 0 Å². The van der Waals surface area contributed by atoms with Crippen molar-refractivity contribution in [2.75, 3.05) is 0 Å². The summed E-state index contributed by atoms with van der Waals surface area (Å²) in [6.45, 7) is 16.6. The number of fused-ring (bicyclic) bond motifs is 2. The molecular formula is C18H27BN2. The molecule has 0 bridgehead atoms. The first kappa shape index (κ1) is 14.6. The molecule has 112 valence electrons. The van der Waals surface area contributed by atoms with Crippen LogP contribution in [0.3, 0.4) is 0 Å². The fourth-order valence-corrected chi connectivity index (χ4v) is 4.72. The Bertz CT molecular complexity index is 663. The van der Waals surface area contributed by atoms with Gasteiger partial charge in [0.25, 0.3) is 0 Å². The van der Waals surface area contributed by atoms with Gasteiger partial charge in [-0.2, -0.15) is 0 Å². The molecule has 2 nitrogen and oxygen atoms in total. The van der Waals surface area contributed by atoms with Gasteiger partial charge in [0.05, 0.1) is 0 Å². The van der Waals surface area contributed by atoms with Gasteiger partial charge in [0.15, 0.2) is 0 Å². The fourth-order valence-electron chi connectivity index (χ4n) is 4.72. The average molecular weight is 282 g/mol. The van der Waals surface area contributed by atoms with Gasteiger partial charge in [0.2, 0.25) is 0 Å². The minimum absolute atomic E-state index is 0.460. The summed E-state index contributed by atoms with van der Waals surface area (Å²) in [6, 6.07) is 0.500. The molecule has 0 aliphatic carbocycles. The largest absolute Gasteiger partial charge is 0.389 e. The molecule has 0 saturated heterocycles. The van der Waals surface area contributed by atoms with Crippen LogP contribution >= 0.6 is 0 Å². The third kappa shape index (κ3) is 1.73. The normalized spacial score (nSPS) is 20.9. The van der Waals surface area contributed by atoms with Gasteiger partial charge in [-0.3, -0.25) is 0 Å². The summed E-state index contributed by atoms with van der Waals surface area (Å²) in [7, 11) is 0. The lowest BCUT2D eigenvalue weighted by molar-refractivity contribution is 0.490. The Kier molecular flexibility index (Phi) is 3.35. The van der Waals surface area contributed by atoms with Crippen molar-refractivity contribution in [1.82, 2.24) is 9.29 Å². The molecule has 1 aromatic heterocycles. The van der Waals surface area contributed by atoms with Crippen LogP contribution in [0.5, 0.6) is 0 Å². The molecule has 0 radical (unpaired) electrons. The summed E-state index contributed by atoms with van der Waals surface area (Å²) >= 11 is 0. The first-order valence-corrected chi connectivity index (χ1v) is 8.32. The average Bonchev–Trinajstić information content (AvgIpc) is 2.87. The van der Waals surface area contributed by atoms with Gasteiger partial charge in [-0.15, -0.1) is 0 Å². The maximum absolute atomic E-state index is 2.63. The van der Waals surface area contributed by atoms with Gasteiger partial charge >= 0.3 is 6.98 Å². The monoisotopic (exact) mass is 282 g/mol. The number of aromatic nitrogens is 1. The first-order chi connectivity index (χ1) is 9.93. The van der Waals surface area contributed by atoms with Gasteiger partial charge in [0.1, 0.15) is 0 Å². The van der Waals surface area contributed by atoms with Gasteiger partial charge < -0.3 is 9.29 Å². The summed E-state index contributed by atoms with van der Waals surface area (Å²) in [6.07, 6.45) is 4.69. The fraction of sp³-hybridized carbons (Fsp3) is 0.556. The molecule has 2 aliphatic heterocycles. The summed E-state index contributed by atoms with van der Waals surface area (Å²) < 4.78 is 2.61. The zero-order chi connectivity index (χ0) is 15.5. The van der Waals surface area contributed by atoms with Crippen molar-refractivity contribution in [2.24, 2.45) is 0 Å². The molecule has 0 N–H and O–H groups in total. The molecule has 21 heavy (non-hydrogen) atoms. The Morgan fingerprint density at radius 1 is 1.14 bits per heavy atom. The zero-order valence-corrected chi connectivity index (χ0v) is 14.5. The second-order valence-electron chi connectivity index (χ2n) is 6.62. The van der Waals surface area contributed by atoms with Crippen LogP contribution in [-0.4, -0.2) is 22.3 Å². The van der Waals surface area contributed by atoms with Crippen molar-refractivity contribution >= 4 is 12.6 Å². The van der Waals surface area contributed by atoms with Crippen LogP contribution < -0.4 is 0 Å². The zero-order valence-electron chi connectivity index (χ0n) is 14.5. The maximum atomic E-state index is 2.63. The number of hydrogen-bond donors (Lipinski definition) is 0. The maximum Gasteiger partial charge on any atom is 0.380 e. The summed E-state index contributed by atoms with van der Waals surface area (Å²) in [5.74, 6) is 0. The number of allylic oxidation sites excluding steroid dienone is 2. The van der Waals surface area contributed by atoms with E-state index in [0.29, 0.717) is 13.0 Å². The lowest BCUT2D eigenvalue weighted by Crippen LogP contribution is -2.49. The van der Waals surface area contributed by atoms with Crippen molar-refractivity contribution < 1.29 is 0 Å². The number of hydrogen-bond acceptors (Lipinski definition) is 1. The van der Waals surface area contributed by atoms with Crippen LogP contribution in [0.15, 0.2) is 17.3 Å². The SMILES string of the molecule is CCB1N2C(=C(C)c3c(C)c(CC)c(C)n31)C(C)=CC2C. The molecule has 3 heteroatoms. The smallest absolute Gasteiger partial charge is 0.380 e. The third-order valence-corrected chi connectivity index (χ3v) is 5.46. The van der Waals surface area contributed by atoms with Crippen LogP contribution in [-0.2, 0) is 6.42 Å². The van der Waals surface area contributed by atoms with Crippen molar-refractivity contribution in [2.45, 2.75) is 67.2 Å². The molecule has 3 rings (SSSR count). The molecule has 0 amide bonds. The third-order valence-electron chi connectivity index (χ3n) is 5.46. The van der Waals surface area contributed by atoms with Crippen LogP contribution in [0.4, 0.5) is 0 Å². The van der Waals surface area contributed by atoms with E-state index >= 15 is 0 Å². The minimum atomic E-state index is 0.460. The lowest BCUT2D eigenvalue weighted by Gasteiger charge is -2.39. The molecule has 1 unspecified atom stereocenters. The highest BCUT2D eigenvalue weighted by Crippen LogP contribution is 2.42. The Labute approximate surface area is 129 Å². The minimum Gasteiger partial charge on any atom is -0.389 e. The topological polar surface area (TPSA) is 8.17 Å². The molecule has 1 aromatic rings. The number of nitrogens with zero attached hydrogens (tertiary/aromatic N) is 2. The van der Waals surface area contributed by atoms with Crippen molar-refractivity contribution in [3.8, 4) is 0 Å². The highest BCUT2D eigenvalue weighted by Gasteiger charge is 2.41.